The van der Waals surface area contributed by atoms with Crippen LogP contribution >= 0.6 is 22.9 Å². The largest absolute Gasteiger partial charge is 0.461 e. The molecule has 0 saturated carbocycles. The van der Waals surface area contributed by atoms with Crippen LogP contribution in [0.2, 0.25) is 5.02 Å². The van der Waals surface area contributed by atoms with Gasteiger partial charge in [-0.15, -0.1) is 11.3 Å². The lowest BCUT2D eigenvalue weighted by atomic mass is 9.70. The van der Waals surface area contributed by atoms with Crippen LogP contribution in [0.4, 0.5) is 28.8 Å². The maximum absolute atomic E-state index is 17.2. The van der Waals surface area contributed by atoms with Crippen LogP contribution in [0.3, 0.4) is 0 Å². The number of amides is 1. The van der Waals surface area contributed by atoms with Crippen LogP contribution in [0.5, 0.6) is 6.01 Å². The highest BCUT2D eigenvalue weighted by atomic mass is 35.5. The third-order valence-corrected chi connectivity index (χ3v) is 13.1. The highest BCUT2D eigenvalue weighted by Gasteiger charge is 2.57. The number of nitrogen functional groups attached to an aromatic ring is 1. The Morgan fingerprint density at radius 2 is 2.08 bits per heavy atom. The Morgan fingerprint density at radius 1 is 1.23 bits per heavy atom. The number of nitrogens with two attached hydrogens (primary N) is 1. The van der Waals surface area contributed by atoms with Crippen molar-refractivity contribution in [2.45, 2.75) is 56.8 Å². The second kappa shape index (κ2) is 12.4. The van der Waals surface area contributed by atoms with Crippen molar-refractivity contribution in [3.05, 3.63) is 53.1 Å². The highest BCUT2D eigenvalue weighted by molar-refractivity contribution is 7.23. The lowest BCUT2D eigenvalue weighted by molar-refractivity contribution is -0.0282. The zero-order valence-corrected chi connectivity index (χ0v) is 30.2. The fourth-order valence-electron chi connectivity index (χ4n) is 9.41. The number of hydrogen-bond acceptors (Lipinski definition) is 11. The molecule has 4 atom stereocenters. The molecule has 4 aliphatic rings. The minimum absolute atomic E-state index is 0.0177. The van der Waals surface area contributed by atoms with Crippen molar-refractivity contribution < 1.29 is 22.7 Å². The zero-order chi connectivity index (χ0) is 36.8. The van der Waals surface area contributed by atoms with Gasteiger partial charge in [-0.1, -0.05) is 24.6 Å². The molecule has 4 saturated heterocycles. The van der Waals surface area contributed by atoms with E-state index in [-0.39, 0.29) is 72.4 Å². The van der Waals surface area contributed by atoms with Gasteiger partial charge in [-0.2, -0.15) is 25.0 Å². The molecule has 3 aromatic heterocycles. The first kappa shape index (κ1) is 34.1. The standard InChI is InChI=1S/C36H34ClF3N10O2S/c1-2-25-35(15-49(25)34(51)50-18-43-17-44-50)7-9-47(14-35)32-21-10-23(37)27(20-4-5-24(39)30-26(20)22(12-41)31(42)53-30)28(40)29(21)45-33(46-32)52-16-36-6-3-8-48(36)13-19(38)11-36/h4-5,10,17-19,25H,2-3,6-9,11,13-16,42H2,1H3/t19-,25?,35?,36+/m1/s1. The van der Waals surface area contributed by atoms with E-state index < -0.39 is 23.3 Å². The molecule has 274 valence electrons. The molecule has 9 rings (SSSR count). The third kappa shape index (κ3) is 5.14. The number of anilines is 2. The number of rotatable bonds is 6. The van der Waals surface area contributed by atoms with Gasteiger partial charge in [0.1, 0.15) is 53.7 Å². The molecule has 2 unspecified atom stereocenters. The topological polar surface area (TPSA) is 142 Å². The van der Waals surface area contributed by atoms with Crippen molar-refractivity contribution in [3.8, 4) is 23.2 Å². The van der Waals surface area contributed by atoms with E-state index in [1.807, 2.05) is 13.0 Å². The highest BCUT2D eigenvalue weighted by Crippen LogP contribution is 2.50. The monoisotopic (exact) mass is 762 g/mol. The number of carbonyl (C=O) groups is 1. The summed E-state index contributed by atoms with van der Waals surface area (Å²) in [6, 6.07) is 5.84. The first-order valence-electron chi connectivity index (χ1n) is 17.6. The number of alkyl halides is 1. The Kier molecular flexibility index (Phi) is 7.99. The molecule has 4 fully saturated rings. The van der Waals surface area contributed by atoms with Gasteiger partial charge in [0.05, 0.1) is 20.8 Å². The van der Waals surface area contributed by atoms with Gasteiger partial charge in [0, 0.05) is 60.4 Å². The van der Waals surface area contributed by atoms with Gasteiger partial charge in [-0.05, 0) is 49.9 Å². The maximum atomic E-state index is 17.2. The Bertz CT molecular complexity index is 2350. The van der Waals surface area contributed by atoms with Gasteiger partial charge in [0.2, 0.25) is 0 Å². The molecule has 17 heteroatoms. The smallest absolute Gasteiger partial charge is 0.346 e. The van der Waals surface area contributed by atoms with Gasteiger partial charge < -0.3 is 20.3 Å². The van der Waals surface area contributed by atoms with E-state index in [0.29, 0.717) is 43.8 Å². The number of aromatic nitrogens is 5. The number of hydrogen-bond donors (Lipinski definition) is 1. The fraction of sp³-hybridized carbons (Fsp3) is 0.444. The van der Waals surface area contributed by atoms with Crippen LogP contribution in [-0.2, 0) is 0 Å². The summed E-state index contributed by atoms with van der Waals surface area (Å²) in [4.78, 5) is 32.6. The lowest BCUT2D eigenvalue weighted by Gasteiger charge is -2.55. The molecule has 2 N–H and O–H groups in total. The minimum Gasteiger partial charge on any atom is -0.461 e. The van der Waals surface area contributed by atoms with Crippen molar-refractivity contribution in [2.24, 2.45) is 5.41 Å². The SMILES string of the molecule is CCC1N(C(=O)n2cncn2)CC12CCN(c1nc(OC[C@@]34CCCN3C[C@H](F)C4)nc3c(F)c(-c4ccc(F)c5sc(N)c(C#N)c45)c(Cl)cc13)C2. The van der Waals surface area contributed by atoms with E-state index in [0.717, 1.165) is 43.6 Å². The molecule has 0 aliphatic carbocycles. The summed E-state index contributed by atoms with van der Waals surface area (Å²) in [5, 5.41) is 14.6. The van der Waals surface area contributed by atoms with Crippen molar-refractivity contribution >= 4 is 60.8 Å². The first-order valence-corrected chi connectivity index (χ1v) is 18.8. The maximum Gasteiger partial charge on any atom is 0.346 e. The summed E-state index contributed by atoms with van der Waals surface area (Å²) >= 11 is 7.83. The average molecular weight is 763 g/mol. The second-order valence-electron chi connectivity index (χ2n) is 14.6. The van der Waals surface area contributed by atoms with Gasteiger partial charge in [0.25, 0.3) is 0 Å². The van der Waals surface area contributed by atoms with E-state index in [4.69, 9.17) is 27.1 Å². The van der Waals surface area contributed by atoms with Gasteiger partial charge >= 0.3 is 12.0 Å². The van der Waals surface area contributed by atoms with Crippen LogP contribution < -0.4 is 15.4 Å². The van der Waals surface area contributed by atoms with Crippen molar-refractivity contribution in [3.63, 3.8) is 0 Å². The number of nitriles is 1. The quantitative estimate of drug-likeness (QED) is 0.207. The van der Waals surface area contributed by atoms with Crippen LogP contribution in [0, 0.1) is 28.4 Å². The summed E-state index contributed by atoms with van der Waals surface area (Å²) in [5.74, 6) is -0.961. The number of benzene rings is 2. The lowest BCUT2D eigenvalue weighted by Crippen LogP contribution is -2.67. The van der Waals surface area contributed by atoms with E-state index in [1.54, 1.807) is 11.0 Å². The Balaban J connectivity index is 1.14. The van der Waals surface area contributed by atoms with Crippen LogP contribution in [0.15, 0.2) is 30.9 Å². The number of carbonyl (C=O) groups excluding carboxylic acids is 1. The van der Waals surface area contributed by atoms with Crippen molar-refractivity contribution in [2.75, 3.05) is 50.0 Å². The van der Waals surface area contributed by atoms with E-state index in [2.05, 4.69) is 24.9 Å². The number of likely N-dealkylation sites (tertiary alicyclic amines) is 1. The molecule has 0 bridgehead atoms. The van der Waals surface area contributed by atoms with Crippen LogP contribution in [0.25, 0.3) is 32.1 Å². The van der Waals surface area contributed by atoms with E-state index in [1.165, 1.54) is 29.5 Å². The molecular weight excluding hydrogens is 729 g/mol. The van der Waals surface area contributed by atoms with Gasteiger partial charge in [0.15, 0.2) is 5.82 Å². The molecule has 53 heavy (non-hydrogen) atoms. The minimum atomic E-state index is -0.961. The summed E-state index contributed by atoms with van der Waals surface area (Å²) in [6.07, 6.45) is 5.25. The van der Waals surface area contributed by atoms with E-state index >= 15 is 4.39 Å². The number of ether oxygens (including phenoxy) is 1. The Hall–Kier alpha value is -4.72. The average Bonchev–Trinajstić information content (AvgIpc) is 3.96. The van der Waals surface area contributed by atoms with Crippen LogP contribution in [-0.4, -0.2) is 97.6 Å². The van der Waals surface area contributed by atoms with Gasteiger partial charge in [-0.3, -0.25) is 4.90 Å². The summed E-state index contributed by atoms with van der Waals surface area (Å²) in [5.41, 5.74) is 5.47. The number of nitrogens with zero attached hydrogens (tertiary/aromatic N) is 9. The molecule has 1 spiro atoms. The predicted octanol–water partition coefficient (Wildman–Crippen LogP) is 6.40. The first-order chi connectivity index (χ1) is 25.6. The normalized spacial score (nSPS) is 25.4. The summed E-state index contributed by atoms with van der Waals surface area (Å²) in [6.45, 7) is 4.89. The molecule has 12 nitrogen and oxygen atoms in total. The number of fused-ring (bicyclic) bond motifs is 3. The number of halogens is 4. The molecule has 1 amide bonds. The Morgan fingerprint density at radius 3 is 2.85 bits per heavy atom. The predicted molar refractivity (Wildman–Crippen MR) is 194 cm³/mol. The summed E-state index contributed by atoms with van der Waals surface area (Å²) < 4.78 is 54.5. The molecule has 5 aromatic rings. The van der Waals surface area contributed by atoms with Crippen LogP contribution in [0.1, 0.15) is 44.6 Å². The molecular formula is C36H34ClF3N10O2S. The number of thiophene rings is 1. The zero-order valence-electron chi connectivity index (χ0n) is 28.7. The second-order valence-corrected chi connectivity index (χ2v) is 16.1. The van der Waals surface area contributed by atoms with Crippen molar-refractivity contribution in [1.29, 1.82) is 5.26 Å². The Labute approximate surface area is 310 Å². The molecule has 2 aromatic carbocycles. The fourth-order valence-corrected chi connectivity index (χ4v) is 10.7. The van der Waals surface area contributed by atoms with Crippen molar-refractivity contribution in [1.82, 2.24) is 34.5 Å². The molecule has 0 radical (unpaired) electrons. The van der Waals surface area contributed by atoms with E-state index in [9.17, 15) is 18.8 Å². The summed E-state index contributed by atoms with van der Waals surface area (Å²) in [7, 11) is 0. The molecule has 4 aliphatic heterocycles. The van der Waals surface area contributed by atoms with Gasteiger partial charge in [-0.25, -0.2) is 22.9 Å². The third-order valence-electron chi connectivity index (χ3n) is 11.8. The molecule has 7 heterocycles.